The van der Waals surface area contributed by atoms with E-state index in [0.717, 1.165) is 43.9 Å². The van der Waals surface area contributed by atoms with E-state index in [4.69, 9.17) is 9.47 Å². The van der Waals surface area contributed by atoms with Gasteiger partial charge in [-0.3, -0.25) is 0 Å². The summed E-state index contributed by atoms with van der Waals surface area (Å²) in [4.78, 5) is 0. The number of nitrogens with one attached hydrogen (secondary N) is 1. The standard InChI is InChI=1S/C16H24FNO2/c1-16(2,6-7-19-3)11-18-10-14-9-12-8-13(17)4-5-15(12)20-14/h4-5,8,14,18H,6-7,9-11H2,1-3H3. The number of hydrogen-bond donors (Lipinski definition) is 1. The fourth-order valence-corrected chi connectivity index (χ4v) is 2.44. The Labute approximate surface area is 120 Å². The van der Waals surface area contributed by atoms with Crippen molar-refractivity contribution in [2.45, 2.75) is 32.8 Å². The Balaban J connectivity index is 1.74. The van der Waals surface area contributed by atoms with Crippen molar-refractivity contribution in [1.82, 2.24) is 5.32 Å². The van der Waals surface area contributed by atoms with Crippen LogP contribution in [0.5, 0.6) is 5.75 Å². The fraction of sp³-hybridized carbons (Fsp3) is 0.625. The van der Waals surface area contributed by atoms with Gasteiger partial charge in [0.2, 0.25) is 0 Å². The Morgan fingerprint density at radius 2 is 2.25 bits per heavy atom. The zero-order valence-electron chi connectivity index (χ0n) is 12.5. The summed E-state index contributed by atoms with van der Waals surface area (Å²) in [5, 5.41) is 3.45. The molecule has 1 aliphatic rings. The maximum Gasteiger partial charge on any atom is 0.123 e. The minimum atomic E-state index is -0.193. The second-order valence-corrected chi connectivity index (χ2v) is 6.23. The van der Waals surface area contributed by atoms with Crippen molar-refractivity contribution in [1.29, 1.82) is 0 Å². The number of ether oxygens (including phenoxy) is 2. The number of fused-ring (bicyclic) bond motifs is 1. The van der Waals surface area contributed by atoms with Gasteiger partial charge in [0.15, 0.2) is 0 Å². The molecule has 0 amide bonds. The lowest BCUT2D eigenvalue weighted by Gasteiger charge is -2.25. The summed E-state index contributed by atoms with van der Waals surface area (Å²) in [6.07, 6.45) is 1.90. The van der Waals surface area contributed by atoms with Gasteiger partial charge in [-0.2, -0.15) is 0 Å². The summed E-state index contributed by atoms with van der Waals surface area (Å²) in [6.45, 7) is 6.92. The van der Waals surface area contributed by atoms with Crippen molar-refractivity contribution in [2.75, 3.05) is 26.8 Å². The number of benzene rings is 1. The smallest absolute Gasteiger partial charge is 0.123 e. The molecule has 4 heteroatoms. The molecule has 0 bridgehead atoms. The molecule has 0 radical (unpaired) electrons. The third-order valence-corrected chi connectivity index (χ3v) is 3.72. The van der Waals surface area contributed by atoms with Gasteiger partial charge in [0.05, 0.1) is 0 Å². The largest absolute Gasteiger partial charge is 0.488 e. The predicted molar refractivity (Wildman–Crippen MR) is 77.7 cm³/mol. The maximum atomic E-state index is 13.1. The number of rotatable bonds is 7. The van der Waals surface area contributed by atoms with E-state index in [2.05, 4.69) is 19.2 Å². The van der Waals surface area contributed by atoms with Gasteiger partial charge >= 0.3 is 0 Å². The van der Waals surface area contributed by atoms with E-state index in [9.17, 15) is 4.39 Å². The third kappa shape index (κ3) is 4.18. The molecule has 1 heterocycles. The molecule has 0 aromatic heterocycles. The van der Waals surface area contributed by atoms with Crippen molar-refractivity contribution in [3.05, 3.63) is 29.6 Å². The molecule has 2 rings (SSSR count). The lowest BCUT2D eigenvalue weighted by Crippen LogP contribution is -2.36. The summed E-state index contributed by atoms with van der Waals surface area (Å²) in [7, 11) is 1.73. The highest BCUT2D eigenvalue weighted by molar-refractivity contribution is 5.37. The average molecular weight is 281 g/mol. The molecule has 0 saturated heterocycles. The van der Waals surface area contributed by atoms with Crippen molar-refractivity contribution >= 4 is 0 Å². The molecule has 1 aliphatic heterocycles. The molecule has 3 nitrogen and oxygen atoms in total. The second kappa shape index (κ2) is 6.55. The quantitative estimate of drug-likeness (QED) is 0.833. The van der Waals surface area contributed by atoms with Crippen LogP contribution in [0.15, 0.2) is 18.2 Å². The van der Waals surface area contributed by atoms with Crippen molar-refractivity contribution < 1.29 is 13.9 Å². The molecule has 0 fully saturated rings. The van der Waals surface area contributed by atoms with E-state index in [1.54, 1.807) is 19.2 Å². The molecular formula is C16H24FNO2. The maximum absolute atomic E-state index is 13.1. The Morgan fingerprint density at radius 1 is 1.45 bits per heavy atom. The van der Waals surface area contributed by atoms with E-state index >= 15 is 0 Å². The van der Waals surface area contributed by atoms with Gasteiger partial charge in [0.1, 0.15) is 17.7 Å². The SMILES string of the molecule is COCCC(C)(C)CNCC1Cc2cc(F)ccc2O1. The van der Waals surface area contributed by atoms with Gasteiger partial charge in [-0.25, -0.2) is 4.39 Å². The van der Waals surface area contributed by atoms with E-state index < -0.39 is 0 Å². The van der Waals surface area contributed by atoms with Gasteiger partial charge in [-0.1, -0.05) is 13.8 Å². The van der Waals surface area contributed by atoms with Gasteiger partial charge in [0.25, 0.3) is 0 Å². The van der Waals surface area contributed by atoms with E-state index in [-0.39, 0.29) is 17.3 Å². The molecule has 112 valence electrons. The van der Waals surface area contributed by atoms with Crippen LogP contribution in [-0.2, 0) is 11.2 Å². The molecule has 1 aromatic carbocycles. The monoisotopic (exact) mass is 281 g/mol. The van der Waals surface area contributed by atoms with Crippen LogP contribution in [0.1, 0.15) is 25.8 Å². The molecule has 1 atom stereocenters. The topological polar surface area (TPSA) is 30.5 Å². The predicted octanol–water partition coefficient (Wildman–Crippen LogP) is 2.78. The summed E-state index contributed by atoms with van der Waals surface area (Å²) in [5.41, 5.74) is 1.17. The Kier molecular flexibility index (Phi) is 5.00. The van der Waals surface area contributed by atoms with Crippen LogP contribution in [0.3, 0.4) is 0 Å². The molecule has 0 saturated carbocycles. The molecule has 0 aliphatic carbocycles. The first-order chi connectivity index (χ1) is 9.50. The molecule has 1 N–H and O–H groups in total. The van der Waals surface area contributed by atoms with Crippen molar-refractivity contribution in [3.63, 3.8) is 0 Å². The van der Waals surface area contributed by atoms with Gasteiger partial charge in [-0.05, 0) is 30.0 Å². The Bertz CT molecular complexity index is 448. The summed E-state index contributed by atoms with van der Waals surface area (Å²) < 4.78 is 24.1. The first kappa shape index (κ1) is 15.3. The minimum absolute atomic E-state index is 0.102. The van der Waals surface area contributed by atoms with E-state index in [1.807, 2.05) is 0 Å². The Morgan fingerprint density at radius 3 is 3.00 bits per heavy atom. The molecular weight excluding hydrogens is 257 g/mol. The zero-order chi connectivity index (χ0) is 14.6. The highest BCUT2D eigenvalue weighted by atomic mass is 19.1. The van der Waals surface area contributed by atoms with Gasteiger partial charge in [-0.15, -0.1) is 0 Å². The van der Waals surface area contributed by atoms with Crippen LogP contribution in [-0.4, -0.2) is 32.9 Å². The average Bonchev–Trinajstić information content (AvgIpc) is 2.78. The van der Waals surface area contributed by atoms with Crippen molar-refractivity contribution in [3.8, 4) is 5.75 Å². The number of halogens is 1. The van der Waals surface area contributed by atoms with Gasteiger partial charge < -0.3 is 14.8 Å². The molecule has 20 heavy (non-hydrogen) atoms. The summed E-state index contributed by atoms with van der Waals surface area (Å²) in [5.74, 6) is 0.624. The van der Waals surface area contributed by atoms with Crippen LogP contribution in [0.2, 0.25) is 0 Å². The highest BCUT2D eigenvalue weighted by Gasteiger charge is 2.24. The highest BCUT2D eigenvalue weighted by Crippen LogP contribution is 2.29. The van der Waals surface area contributed by atoms with Crippen molar-refractivity contribution in [2.24, 2.45) is 5.41 Å². The van der Waals surface area contributed by atoms with Crippen LogP contribution in [0, 0.1) is 11.2 Å². The third-order valence-electron chi connectivity index (χ3n) is 3.72. The fourth-order valence-electron chi connectivity index (χ4n) is 2.44. The second-order valence-electron chi connectivity index (χ2n) is 6.23. The van der Waals surface area contributed by atoms with Crippen LogP contribution in [0.25, 0.3) is 0 Å². The summed E-state index contributed by atoms with van der Waals surface area (Å²) >= 11 is 0. The van der Waals surface area contributed by atoms with Crippen LogP contribution >= 0.6 is 0 Å². The van der Waals surface area contributed by atoms with E-state index in [0.29, 0.717) is 0 Å². The molecule has 1 aromatic rings. The first-order valence-corrected chi connectivity index (χ1v) is 7.15. The van der Waals surface area contributed by atoms with Crippen LogP contribution < -0.4 is 10.1 Å². The Hall–Kier alpha value is -1.13. The van der Waals surface area contributed by atoms with E-state index in [1.165, 1.54) is 6.07 Å². The number of hydrogen-bond acceptors (Lipinski definition) is 3. The zero-order valence-corrected chi connectivity index (χ0v) is 12.5. The lowest BCUT2D eigenvalue weighted by atomic mass is 9.89. The lowest BCUT2D eigenvalue weighted by molar-refractivity contribution is 0.147. The normalized spacial score (nSPS) is 17.9. The number of methoxy groups -OCH3 is 1. The minimum Gasteiger partial charge on any atom is -0.488 e. The molecule has 1 unspecified atom stereocenters. The van der Waals surface area contributed by atoms with Gasteiger partial charge in [0, 0.05) is 38.8 Å². The van der Waals surface area contributed by atoms with Crippen LogP contribution in [0.4, 0.5) is 4.39 Å². The summed E-state index contributed by atoms with van der Waals surface area (Å²) in [6, 6.07) is 4.73. The first-order valence-electron chi connectivity index (χ1n) is 7.15. The molecule has 0 spiro atoms.